The third-order valence-electron chi connectivity index (χ3n) is 4.04. The molecule has 3 aromatic carbocycles. The number of halogens is 3. The molecule has 0 aliphatic carbocycles. The van der Waals surface area contributed by atoms with Crippen LogP contribution in [0, 0.1) is 0 Å². The maximum atomic E-state index is 12.5. The highest BCUT2D eigenvalue weighted by atomic mass is 35.5. The average Bonchev–Trinajstić information content (AvgIpc) is 2.68. The molecule has 154 valence electrons. The van der Waals surface area contributed by atoms with Gasteiger partial charge < -0.3 is 10.6 Å². The summed E-state index contributed by atoms with van der Waals surface area (Å²) in [5.41, 5.74) is 1.56. The van der Waals surface area contributed by atoms with Gasteiger partial charge in [-0.25, -0.2) is 0 Å². The Kier molecular flexibility index (Phi) is 7.67. The van der Waals surface area contributed by atoms with Crippen molar-refractivity contribution in [2.75, 3.05) is 10.6 Å². The van der Waals surface area contributed by atoms with E-state index in [0.717, 1.165) is 4.90 Å². The summed E-state index contributed by atoms with van der Waals surface area (Å²) in [6, 6.07) is 18.9. The summed E-state index contributed by atoms with van der Waals surface area (Å²) >= 11 is 19.3. The van der Waals surface area contributed by atoms with Gasteiger partial charge in [-0.05, 0) is 61.5 Å². The van der Waals surface area contributed by atoms with Crippen molar-refractivity contribution in [3.05, 3.63) is 87.4 Å². The zero-order valence-electron chi connectivity index (χ0n) is 15.8. The fourth-order valence-electron chi connectivity index (χ4n) is 2.59. The lowest BCUT2D eigenvalue weighted by molar-refractivity contribution is -0.115. The molecule has 3 aromatic rings. The van der Waals surface area contributed by atoms with Gasteiger partial charge in [-0.15, -0.1) is 11.8 Å². The minimum absolute atomic E-state index is 0.148. The van der Waals surface area contributed by atoms with Crippen LogP contribution >= 0.6 is 46.6 Å². The Bertz CT molecular complexity index is 1090. The number of hydrogen-bond donors (Lipinski definition) is 2. The van der Waals surface area contributed by atoms with E-state index in [2.05, 4.69) is 10.6 Å². The van der Waals surface area contributed by atoms with Gasteiger partial charge in [-0.2, -0.15) is 0 Å². The van der Waals surface area contributed by atoms with Crippen molar-refractivity contribution in [2.45, 2.75) is 17.1 Å². The van der Waals surface area contributed by atoms with Crippen molar-refractivity contribution in [3.63, 3.8) is 0 Å². The van der Waals surface area contributed by atoms with Crippen molar-refractivity contribution in [3.8, 4) is 0 Å². The van der Waals surface area contributed by atoms with E-state index in [1.54, 1.807) is 48.5 Å². The molecule has 0 aliphatic heterocycles. The van der Waals surface area contributed by atoms with E-state index in [1.807, 2.05) is 19.1 Å². The highest BCUT2D eigenvalue weighted by Gasteiger charge is 2.16. The highest BCUT2D eigenvalue weighted by Crippen LogP contribution is 2.28. The maximum Gasteiger partial charge on any atom is 0.257 e. The Morgan fingerprint density at radius 2 is 1.50 bits per heavy atom. The molecule has 0 bridgehead atoms. The van der Waals surface area contributed by atoms with Crippen LogP contribution < -0.4 is 10.6 Å². The minimum atomic E-state index is -0.361. The third kappa shape index (κ3) is 6.16. The predicted molar refractivity (Wildman–Crippen MR) is 126 cm³/mol. The van der Waals surface area contributed by atoms with Gasteiger partial charge in [0.15, 0.2) is 0 Å². The molecule has 4 nitrogen and oxygen atoms in total. The van der Waals surface area contributed by atoms with Crippen molar-refractivity contribution < 1.29 is 9.59 Å². The van der Waals surface area contributed by atoms with Crippen LogP contribution in [0.5, 0.6) is 0 Å². The molecule has 0 spiro atoms. The lowest BCUT2D eigenvalue weighted by atomic mass is 10.2. The Labute approximate surface area is 193 Å². The quantitative estimate of drug-likeness (QED) is 0.374. The molecule has 2 N–H and O–H groups in total. The summed E-state index contributed by atoms with van der Waals surface area (Å²) in [5, 5.41) is 6.58. The molecule has 8 heteroatoms. The second-order valence-electron chi connectivity index (χ2n) is 6.37. The first-order chi connectivity index (χ1) is 14.3. The first-order valence-electron chi connectivity index (χ1n) is 8.91. The average molecular weight is 480 g/mol. The molecular formula is C22H17Cl3N2O2S. The van der Waals surface area contributed by atoms with E-state index in [-0.39, 0.29) is 22.1 Å². The zero-order valence-corrected chi connectivity index (χ0v) is 18.9. The number of carbonyl (C=O) groups excluding carboxylic acids is 2. The summed E-state index contributed by atoms with van der Waals surface area (Å²) in [5.74, 6) is -0.491. The van der Waals surface area contributed by atoms with E-state index in [1.165, 1.54) is 17.8 Å². The molecule has 0 saturated carbocycles. The van der Waals surface area contributed by atoms with Crippen molar-refractivity contribution in [1.82, 2.24) is 0 Å². The maximum absolute atomic E-state index is 12.5. The van der Waals surface area contributed by atoms with E-state index in [0.29, 0.717) is 27.0 Å². The molecule has 0 radical (unpaired) electrons. The fraction of sp³-hybridized carbons (Fsp3) is 0.0909. The first kappa shape index (κ1) is 22.5. The van der Waals surface area contributed by atoms with Gasteiger partial charge in [0.05, 0.1) is 15.8 Å². The van der Waals surface area contributed by atoms with Gasteiger partial charge in [-0.1, -0.05) is 46.9 Å². The fourth-order valence-corrected chi connectivity index (χ4v) is 4.20. The molecule has 30 heavy (non-hydrogen) atoms. The second-order valence-corrected chi connectivity index (χ2v) is 9.06. The van der Waals surface area contributed by atoms with Gasteiger partial charge in [0.2, 0.25) is 5.91 Å². The van der Waals surface area contributed by atoms with Crippen LogP contribution in [0.3, 0.4) is 0 Å². The number of thioether (sulfide) groups is 1. The Hall–Kier alpha value is -2.18. The Morgan fingerprint density at radius 3 is 2.20 bits per heavy atom. The number of benzene rings is 3. The lowest BCUT2D eigenvalue weighted by Crippen LogP contribution is -2.22. The second kappa shape index (κ2) is 10.2. The summed E-state index contributed by atoms with van der Waals surface area (Å²) in [4.78, 5) is 25.8. The van der Waals surface area contributed by atoms with Crippen LogP contribution in [0.15, 0.2) is 71.6 Å². The summed E-state index contributed by atoms with van der Waals surface area (Å²) < 4.78 is 0. The molecule has 3 rings (SSSR count). The van der Waals surface area contributed by atoms with Crippen LogP contribution in [0.4, 0.5) is 11.4 Å². The molecule has 0 aromatic heterocycles. The monoisotopic (exact) mass is 478 g/mol. The number of anilines is 2. The Balaban J connectivity index is 1.64. The minimum Gasteiger partial charge on any atom is -0.325 e. The number of amides is 2. The highest BCUT2D eigenvalue weighted by molar-refractivity contribution is 8.00. The van der Waals surface area contributed by atoms with Crippen molar-refractivity contribution >= 4 is 69.8 Å². The number of rotatable bonds is 6. The van der Waals surface area contributed by atoms with Gasteiger partial charge in [0, 0.05) is 26.3 Å². The van der Waals surface area contributed by atoms with Crippen molar-refractivity contribution in [2.24, 2.45) is 0 Å². The van der Waals surface area contributed by atoms with Crippen LogP contribution in [-0.2, 0) is 4.79 Å². The van der Waals surface area contributed by atoms with E-state index in [9.17, 15) is 9.59 Å². The van der Waals surface area contributed by atoms with Crippen LogP contribution in [-0.4, -0.2) is 17.1 Å². The molecular weight excluding hydrogens is 463 g/mol. The van der Waals surface area contributed by atoms with Crippen molar-refractivity contribution in [1.29, 1.82) is 0 Å². The lowest BCUT2D eigenvalue weighted by Gasteiger charge is -2.13. The smallest absolute Gasteiger partial charge is 0.257 e. The first-order valence-corrected chi connectivity index (χ1v) is 10.9. The number of hydrogen-bond acceptors (Lipinski definition) is 3. The number of nitrogens with one attached hydrogen (secondary N) is 2. The van der Waals surface area contributed by atoms with Crippen LogP contribution in [0.1, 0.15) is 17.3 Å². The summed E-state index contributed by atoms with van der Waals surface area (Å²) in [6.45, 7) is 1.81. The predicted octanol–water partition coefficient (Wildman–Crippen LogP) is 7.02. The number of carbonyl (C=O) groups is 2. The molecule has 2 amide bonds. The SMILES string of the molecule is CC(Sc1cccc(NC(=O)c2ccc(Cl)cc2Cl)c1)C(=O)Nc1cccc(Cl)c1. The van der Waals surface area contributed by atoms with E-state index >= 15 is 0 Å². The van der Waals surface area contributed by atoms with E-state index in [4.69, 9.17) is 34.8 Å². The standard InChI is InChI=1S/C22H17Cl3N2O2S/c1-13(21(28)26-16-5-2-4-14(23)10-16)30-18-7-3-6-17(12-18)27-22(29)19-9-8-15(24)11-20(19)25/h2-13H,1H3,(H,26,28)(H,27,29). The van der Waals surface area contributed by atoms with E-state index < -0.39 is 0 Å². The van der Waals surface area contributed by atoms with Gasteiger partial charge in [0.1, 0.15) is 0 Å². The topological polar surface area (TPSA) is 58.2 Å². The molecule has 0 fully saturated rings. The molecule has 0 aliphatic rings. The third-order valence-corrected chi connectivity index (χ3v) is 5.92. The molecule has 0 heterocycles. The van der Waals surface area contributed by atoms with Gasteiger partial charge in [-0.3, -0.25) is 9.59 Å². The molecule has 0 saturated heterocycles. The molecule has 1 atom stereocenters. The Morgan fingerprint density at radius 1 is 0.833 bits per heavy atom. The zero-order chi connectivity index (χ0) is 21.7. The van der Waals surface area contributed by atoms with Gasteiger partial charge in [0.25, 0.3) is 5.91 Å². The molecule has 1 unspecified atom stereocenters. The normalized spacial score (nSPS) is 11.6. The largest absolute Gasteiger partial charge is 0.325 e. The summed E-state index contributed by atoms with van der Waals surface area (Å²) in [7, 11) is 0. The summed E-state index contributed by atoms with van der Waals surface area (Å²) in [6.07, 6.45) is 0. The van der Waals surface area contributed by atoms with Crippen LogP contribution in [0.25, 0.3) is 0 Å². The van der Waals surface area contributed by atoms with Crippen LogP contribution in [0.2, 0.25) is 15.1 Å². The van der Waals surface area contributed by atoms with Gasteiger partial charge >= 0.3 is 0 Å².